The predicted octanol–water partition coefficient (Wildman–Crippen LogP) is 0.729. The minimum Gasteiger partial charge on any atom is -0.484 e. The molecule has 0 spiro atoms. The second-order valence-corrected chi connectivity index (χ2v) is 3.92. The molecule has 0 aromatic heterocycles. The van der Waals surface area contributed by atoms with Crippen molar-refractivity contribution in [2.75, 3.05) is 19.0 Å². The molecule has 0 aliphatic rings. The Morgan fingerprint density at radius 2 is 1.95 bits per heavy atom. The van der Waals surface area contributed by atoms with E-state index in [1.165, 1.54) is 14.0 Å². The molecule has 0 fully saturated rings. The Morgan fingerprint density at radius 3 is 2.58 bits per heavy atom. The van der Waals surface area contributed by atoms with E-state index in [0.29, 0.717) is 11.4 Å². The molecule has 0 aliphatic heterocycles. The number of amides is 2. The van der Waals surface area contributed by atoms with Crippen molar-refractivity contribution in [1.29, 1.82) is 0 Å². The van der Waals surface area contributed by atoms with Crippen LogP contribution >= 0.6 is 0 Å². The molecule has 1 aromatic rings. The summed E-state index contributed by atoms with van der Waals surface area (Å²) in [6.45, 7) is 1.25. The lowest BCUT2D eigenvalue weighted by Crippen LogP contribution is -2.24. The van der Waals surface area contributed by atoms with Gasteiger partial charge in [-0.2, -0.15) is 0 Å². The van der Waals surface area contributed by atoms with Crippen molar-refractivity contribution in [2.24, 2.45) is 0 Å². The highest BCUT2D eigenvalue weighted by atomic mass is 16.5. The first-order valence-corrected chi connectivity index (χ1v) is 5.74. The SMILES string of the molecule is CNC(=O)COc1cccc(NC(=O)CC(C)=O)c1. The van der Waals surface area contributed by atoms with Crippen molar-refractivity contribution >= 4 is 23.3 Å². The third-order valence-corrected chi connectivity index (χ3v) is 2.18. The fourth-order valence-electron chi connectivity index (χ4n) is 1.32. The van der Waals surface area contributed by atoms with Gasteiger partial charge in [0.05, 0.1) is 6.42 Å². The minimum atomic E-state index is -0.379. The van der Waals surface area contributed by atoms with E-state index in [4.69, 9.17) is 4.74 Å². The number of hydrogen-bond donors (Lipinski definition) is 2. The Balaban J connectivity index is 2.59. The maximum absolute atomic E-state index is 11.4. The van der Waals surface area contributed by atoms with Gasteiger partial charge in [0, 0.05) is 18.8 Å². The monoisotopic (exact) mass is 264 g/mol. The number of anilines is 1. The van der Waals surface area contributed by atoms with Crippen LogP contribution in [0.3, 0.4) is 0 Å². The lowest BCUT2D eigenvalue weighted by Gasteiger charge is -2.08. The molecular weight excluding hydrogens is 248 g/mol. The molecule has 0 aliphatic carbocycles. The average molecular weight is 264 g/mol. The van der Waals surface area contributed by atoms with E-state index >= 15 is 0 Å². The van der Waals surface area contributed by atoms with Gasteiger partial charge in [-0.05, 0) is 19.1 Å². The number of hydrogen-bond acceptors (Lipinski definition) is 4. The van der Waals surface area contributed by atoms with Crippen LogP contribution in [0.15, 0.2) is 24.3 Å². The molecule has 0 heterocycles. The van der Waals surface area contributed by atoms with E-state index in [1.54, 1.807) is 24.3 Å². The fourth-order valence-corrected chi connectivity index (χ4v) is 1.32. The highest BCUT2D eigenvalue weighted by Gasteiger charge is 2.06. The summed E-state index contributed by atoms with van der Waals surface area (Å²) in [4.78, 5) is 33.2. The molecule has 0 saturated heterocycles. The summed E-state index contributed by atoms with van der Waals surface area (Å²) >= 11 is 0. The van der Waals surface area contributed by atoms with Gasteiger partial charge in [0.25, 0.3) is 5.91 Å². The Labute approximate surface area is 111 Å². The topological polar surface area (TPSA) is 84.5 Å². The molecule has 2 N–H and O–H groups in total. The minimum absolute atomic E-state index is 0.0959. The Hall–Kier alpha value is -2.37. The van der Waals surface area contributed by atoms with Gasteiger partial charge in [0.15, 0.2) is 6.61 Å². The van der Waals surface area contributed by atoms with Gasteiger partial charge >= 0.3 is 0 Å². The lowest BCUT2D eigenvalue weighted by atomic mass is 10.2. The van der Waals surface area contributed by atoms with Gasteiger partial charge in [-0.25, -0.2) is 0 Å². The van der Waals surface area contributed by atoms with Gasteiger partial charge in [-0.15, -0.1) is 0 Å². The number of carbonyl (C=O) groups is 3. The van der Waals surface area contributed by atoms with E-state index in [9.17, 15) is 14.4 Å². The van der Waals surface area contributed by atoms with E-state index in [2.05, 4.69) is 10.6 Å². The van der Waals surface area contributed by atoms with Crippen LogP contribution in [-0.2, 0) is 14.4 Å². The Morgan fingerprint density at radius 1 is 1.21 bits per heavy atom. The van der Waals surface area contributed by atoms with Crippen LogP contribution in [0.25, 0.3) is 0 Å². The first kappa shape index (κ1) is 14.7. The first-order chi connectivity index (χ1) is 9.01. The molecule has 0 saturated carbocycles. The Kier molecular flexibility index (Phi) is 5.53. The van der Waals surface area contributed by atoms with Crippen LogP contribution in [0.2, 0.25) is 0 Å². The zero-order valence-corrected chi connectivity index (χ0v) is 10.9. The molecule has 6 heteroatoms. The zero-order valence-electron chi connectivity index (χ0n) is 10.9. The van der Waals surface area contributed by atoms with Crippen LogP contribution in [0.4, 0.5) is 5.69 Å². The van der Waals surface area contributed by atoms with E-state index < -0.39 is 0 Å². The number of likely N-dealkylation sites (N-methyl/N-ethyl adjacent to an activating group) is 1. The fraction of sp³-hybridized carbons (Fsp3) is 0.308. The van der Waals surface area contributed by atoms with Gasteiger partial charge in [0.2, 0.25) is 5.91 Å². The van der Waals surface area contributed by atoms with Crippen molar-refractivity contribution in [3.63, 3.8) is 0 Å². The molecule has 0 unspecified atom stereocenters. The molecule has 0 atom stereocenters. The molecule has 2 amide bonds. The number of benzene rings is 1. The molecular formula is C13H16N2O4. The molecule has 1 rings (SSSR count). The van der Waals surface area contributed by atoms with Crippen molar-refractivity contribution in [1.82, 2.24) is 5.32 Å². The van der Waals surface area contributed by atoms with E-state index in [1.807, 2.05) is 0 Å². The summed E-state index contributed by atoms with van der Waals surface area (Å²) in [5.41, 5.74) is 0.514. The number of Topliss-reactive ketones (excluding diaryl/α,β-unsaturated/α-hetero) is 1. The first-order valence-electron chi connectivity index (χ1n) is 5.74. The summed E-state index contributed by atoms with van der Waals surface area (Å²) < 4.78 is 5.23. The van der Waals surface area contributed by atoms with Crippen LogP contribution in [0, 0.1) is 0 Å². The standard InChI is InChI=1S/C13H16N2O4/c1-9(16)6-12(17)15-10-4-3-5-11(7-10)19-8-13(18)14-2/h3-5,7H,6,8H2,1-2H3,(H,14,18)(H,15,17). The number of carbonyl (C=O) groups excluding carboxylic acids is 3. The van der Waals surface area contributed by atoms with Crippen LogP contribution < -0.4 is 15.4 Å². The lowest BCUT2D eigenvalue weighted by molar-refractivity contribution is -0.124. The highest BCUT2D eigenvalue weighted by Crippen LogP contribution is 2.17. The van der Waals surface area contributed by atoms with Crippen molar-refractivity contribution in [3.8, 4) is 5.75 Å². The molecule has 0 bridgehead atoms. The molecule has 0 radical (unpaired) electrons. The van der Waals surface area contributed by atoms with E-state index in [0.717, 1.165) is 0 Å². The molecule has 102 valence electrons. The average Bonchev–Trinajstić information content (AvgIpc) is 2.35. The summed E-state index contributed by atoms with van der Waals surface area (Å²) in [5.74, 6) is -0.365. The van der Waals surface area contributed by atoms with Crippen LogP contribution in [0.5, 0.6) is 5.75 Å². The van der Waals surface area contributed by atoms with Crippen molar-refractivity contribution in [3.05, 3.63) is 24.3 Å². The third-order valence-electron chi connectivity index (χ3n) is 2.18. The molecule has 1 aromatic carbocycles. The normalized spacial score (nSPS) is 9.58. The zero-order chi connectivity index (χ0) is 14.3. The van der Waals surface area contributed by atoms with Crippen LogP contribution in [-0.4, -0.2) is 31.3 Å². The number of ketones is 1. The predicted molar refractivity (Wildman–Crippen MR) is 69.9 cm³/mol. The summed E-state index contributed by atoms with van der Waals surface area (Å²) in [7, 11) is 1.52. The maximum atomic E-state index is 11.4. The number of nitrogens with one attached hydrogen (secondary N) is 2. The molecule has 6 nitrogen and oxygen atoms in total. The summed E-state index contributed by atoms with van der Waals surface area (Å²) in [6, 6.07) is 6.61. The maximum Gasteiger partial charge on any atom is 0.257 e. The van der Waals surface area contributed by atoms with Gasteiger partial charge in [-0.1, -0.05) is 6.07 Å². The van der Waals surface area contributed by atoms with E-state index in [-0.39, 0.29) is 30.6 Å². The number of rotatable bonds is 6. The molecule has 19 heavy (non-hydrogen) atoms. The number of ether oxygens (including phenoxy) is 1. The summed E-state index contributed by atoms with van der Waals surface area (Å²) in [5, 5.41) is 5.01. The largest absolute Gasteiger partial charge is 0.484 e. The second kappa shape index (κ2) is 7.15. The van der Waals surface area contributed by atoms with Gasteiger partial charge < -0.3 is 15.4 Å². The summed E-state index contributed by atoms with van der Waals surface area (Å²) in [6.07, 6.45) is -0.163. The second-order valence-electron chi connectivity index (χ2n) is 3.92. The highest BCUT2D eigenvalue weighted by molar-refractivity contribution is 6.03. The van der Waals surface area contributed by atoms with Crippen molar-refractivity contribution < 1.29 is 19.1 Å². The Bertz CT molecular complexity index is 485. The third kappa shape index (κ3) is 5.67. The van der Waals surface area contributed by atoms with Crippen molar-refractivity contribution in [2.45, 2.75) is 13.3 Å². The van der Waals surface area contributed by atoms with Gasteiger partial charge in [-0.3, -0.25) is 14.4 Å². The smallest absolute Gasteiger partial charge is 0.257 e. The van der Waals surface area contributed by atoms with Crippen LogP contribution in [0.1, 0.15) is 13.3 Å². The quantitative estimate of drug-likeness (QED) is 0.742. The van der Waals surface area contributed by atoms with Gasteiger partial charge in [0.1, 0.15) is 11.5 Å².